The molecule has 0 spiro atoms. The third-order valence-corrected chi connectivity index (χ3v) is 3.11. The Balaban J connectivity index is 2.11. The number of aromatic nitrogens is 1. The number of para-hydroxylation sites is 1. The van der Waals surface area contributed by atoms with E-state index in [2.05, 4.69) is 29.4 Å². The Morgan fingerprint density at radius 1 is 1.29 bits per heavy atom. The number of hydrogen-bond acceptors (Lipinski definition) is 1. The topological polar surface area (TPSA) is 41.8 Å². The molecule has 1 fully saturated rings. The molecule has 0 aliphatic heterocycles. The van der Waals surface area contributed by atoms with Gasteiger partial charge in [-0.1, -0.05) is 18.2 Å². The smallest absolute Gasteiger partial charge is 0.0457 e. The fourth-order valence-electron chi connectivity index (χ4n) is 2.08. The Kier molecular flexibility index (Phi) is 1.64. The molecule has 1 saturated carbocycles. The van der Waals surface area contributed by atoms with Crippen LogP contribution in [0.15, 0.2) is 30.5 Å². The van der Waals surface area contributed by atoms with Crippen molar-refractivity contribution in [3.63, 3.8) is 0 Å². The zero-order chi connectivity index (χ0) is 9.54. The number of fused-ring (bicyclic) bond motifs is 1. The van der Waals surface area contributed by atoms with Gasteiger partial charge in [0.25, 0.3) is 0 Å². The van der Waals surface area contributed by atoms with E-state index in [1.165, 1.54) is 29.3 Å². The van der Waals surface area contributed by atoms with E-state index in [0.717, 1.165) is 0 Å². The van der Waals surface area contributed by atoms with Crippen LogP contribution in [0, 0.1) is 5.92 Å². The molecule has 1 aromatic heterocycles. The number of nitrogens with two attached hydrogens (primary N) is 1. The molecule has 1 aliphatic carbocycles. The highest BCUT2D eigenvalue weighted by Gasteiger charge is 2.30. The van der Waals surface area contributed by atoms with E-state index in [1.807, 2.05) is 6.07 Å². The van der Waals surface area contributed by atoms with Crippen molar-refractivity contribution in [1.82, 2.24) is 4.98 Å². The lowest BCUT2D eigenvalue weighted by Crippen LogP contribution is -2.11. The summed E-state index contributed by atoms with van der Waals surface area (Å²) >= 11 is 0. The van der Waals surface area contributed by atoms with Gasteiger partial charge in [0.1, 0.15) is 0 Å². The maximum absolute atomic E-state index is 6.19. The molecule has 1 atom stereocenters. The van der Waals surface area contributed by atoms with Crippen molar-refractivity contribution >= 4 is 10.9 Å². The molecule has 3 rings (SSSR count). The summed E-state index contributed by atoms with van der Waals surface area (Å²) in [5.74, 6) is 0.717. The second kappa shape index (κ2) is 2.85. The maximum atomic E-state index is 6.19. The number of benzene rings is 1. The number of rotatable bonds is 2. The molecule has 2 heteroatoms. The van der Waals surface area contributed by atoms with Crippen molar-refractivity contribution in [2.45, 2.75) is 18.9 Å². The average Bonchev–Trinajstić information content (AvgIpc) is 2.97. The molecular weight excluding hydrogens is 172 g/mol. The molecule has 0 saturated heterocycles. The first-order valence-corrected chi connectivity index (χ1v) is 5.18. The van der Waals surface area contributed by atoms with Crippen molar-refractivity contribution in [2.24, 2.45) is 11.7 Å². The summed E-state index contributed by atoms with van der Waals surface area (Å²) in [4.78, 5) is 3.27. The first-order chi connectivity index (χ1) is 6.86. The second-order valence-corrected chi connectivity index (χ2v) is 4.15. The molecule has 0 radical (unpaired) electrons. The molecule has 1 aromatic carbocycles. The molecule has 2 aromatic rings. The predicted molar refractivity (Wildman–Crippen MR) is 58.0 cm³/mol. The van der Waals surface area contributed by atoms with E-state index >= 15 is 0 Å². The van der Waals surface area contributed by atoms with Crippen molar-refractivity contribution in [3.05, 3.63) is 36.0 Å². The van der Waals surface area contributed by atoms with Gasteiger partial charge in [0.15, 0.2) is 0 Å². The zero-order valence-electron chi connectivity index (χ0n) is 8.03. The highest BCUT2D eigenvalue weighted by molar-refractivity contribution is 5.83. The van der Waals surface area contributed by atoms with Crippen LogP contribution in [0.5, 0.6) is 0 Å². The fraction of sp³-hybridized carbons (Fsp3) is 0.333. The minimum absolute atomic E-state index is 0.228. The molecule has 1 aliphatic rings. The van der Waals surface area contributed by atoms with Crippen LogP contribution in [0.4, 0.5) is 0 Å². The van der Waals surface area contributed by atoms with Crippen LogP contribution in [-0.2, 0) is 0 Å². The normalized spacial score (nSPS) is 18.6. The first kappa shape index (κ1) is 8.06. The molecule has 14 heavy (non-hydrogen) atoms. The van der Waals surface area contributed by atoms with E-state index in [4.69, 9.17) is 5.73 Å². The minimum atomic E-state index is 0.228. The molecule has 0 unspecified atom stereocenters. The van der Waals surface area contributed by atoms with E-state index in [-0.39, 0.29) is 6.04 Å². The highest BCUT2D eigenvalue weighted by atomic mass is 14.7. The molecular formula is C12H14N2. The van der Waals surface area contributed by atoms with Crippen LogP contribution < -0.4 is 5.73 Å². The minimum Gasteiger partial charge on any atom is -0.361 e. The van der Waals surface area contributed by atoms with Gasteiger partial charge in [-0.05, 0) is 30.4 Å². The van der Waals surface area contributed by atoms with Gasteiger partial charge in [-0.2, -0.15) is 0 Å². The maximum Gasteiger partial charge on any atom is 0.0457 e. The van der Waals surface area contributed by atoms with Crippen LogP contribution in [0.1, 0.15) is 24.4 Å². The second-order valence-electron chi connectivity index (χ2n) is 4.15. The first-order valence-electron chi connectivity index (χ1n) is 5.18. The van der Waals surface area contributed by atoms with E-state index in [9.17, 15) is 0 Å². The summed E-state index contributed by atoms with van der Waals surface area (Å²) in [6, 6.07) is 8.58. The molecule has 1 heterocycles. The number of nitrogens with one attached hydrogen (secondary N) is 1. The number of hydrogen-bond donors (Lipinski definition) is 2. The zero-order valence-corrected chi connectivity index (χ0v) is 8.03. The van der Waals surface area contributed by atoms with Gasteiger partial charge in [0.05, 0.1) is 0 Å². The summed E-state index contributed by atoms with van der Waals surface area (Å²) in [5, 5.41) is 1.28. The van der Waals surface area contributed by atoms with Crippen molar-refractivity contribution in [2.75, 3.05) is 0 Å². The Morgan fingerprint density at radius 3 is 2.86 bits per heavy atom. The summed E-state index contributed by atoms with van der Waals surface area (Å²) in [6.45, 7) is 0. The fourth-order valence-corrected chi connectivity index (χ4v) is 2.08. The third kappa shape index (κ3) is 1.15. The van der Waals surface area contributed by atoms with Gasteiger partial charge in [-0.25, -0.2) is 0 Å². The van der Waals surface area contributed by atoms with E-state index < -0.39 is 0 Å². The van der Waals surface area contributed by atoms with Crippen molar-refractivity contribution in [3.8, 4) is 0 Å². The Morgan fingerprint density at radius 2 is 2.07 bits per heavy atom. The molecule has 3 N–H and O–H groups in total. The SMILES string of the molecule is N[C@H](c1c[nH]c2ccccc12)C1CC1. The Bertz CT molecular complexity index is 454. The highest BCUT2D eigenvalue weighted by Crippen LogP contribution is 2.41. The van der Waals surface area contributed by atoms with Crippen LogP contribution in [0.3, 0.4) is 0 Å². The van der Waals surface area contributed by atoms with Crippen molar-refractivity contribution in [1.29, 1.82) is 0 Å². The number of H-pyrrole nitrogens is 1. The van der Waals surface area contributed by atoms with Gasteiger partial charge < -0.3 is 10.7 Å². The third-order valence-electron chi connectivity index (χ3n) is 3.11. The van der Waals surface area contributed by atoms with Gasteiger partial charge in [0, 0.05) is 23.1 Å². The lowest BCUT2D eigenvalue weighted by atomic mass is 10.0. The summed E-state index contributed by atoms with van der Waals surface area (Å²) in [7, 11) is 0. The van der Waals surface area contributed by atoms with E-state index in [0.29, 0.717) is 5.92 Å². The van der Waals surface area contributed by atoms with Gasteiger partial charge >= 0.3 is 0 Å². The molecule has 0 bridgehead atoms. The molecule has 0 amide bonds. The number of aromatic amines is 1. The molecule has 2 nitrogen and oxygen atoms in total. The van der Waals surface area contributed by atoms with Crippen LogP contribution in [-0.4, -0.2) is 4.98 Å². The van der Waals surface area contributed by atoms with Gasteiger partial charge in [-0.3, -0.25) is 0 Å². The van der Waals surface area contributed by atoms with Crippen LogP contribution in [0.2, 0.25) is 0 Å². The monoisotopic (exact) mass is 186 g/mol. The predicted octanol–water partition coefficient (Wildman–Crippen LogP) is 2.58. The van der Waals surface area contributed by atoms with Gasteiger partial charge in [0.2, 0.25) is 0 Å². The van der Waals surface area contributed by atoms with Crippen molar-refractivity contribution < 1.29 is 0 Å². The lowest BCUT2D eigenvalue weighted by Gasteiger charge is -2.08. The largest absolute Gasteiger partial charge is 0.361 e. The Hall–Kier alpha value is -1.28. The average molecular weight is 186 g/mol. The summed E-state index contributed by atoms with van der Waals surface area (Å²) < 4.78 is 0. The quantitative estimate of drug-likeness (QED) is 0.743. The lowest BCUT2D eigenvalue weighted by molar-refractivity contribution is 0.638. The van der Waals surface area contributed by atoms with Crippen LogP contribution in [0.25, 0.3) is 10.9 Å². The summed E-state index contributed by atoms with van der Waals surface area (Å²) in [6.07, 6.45) is 4.65. The summed E-state index contributed by atoms with van der Waals surface area (Å²) in [5.41, 5.74) is 8.66. The standard InChI is InChI=1S/C12H14N2/c13-12(8-5-6-8)10-7-14-11-4-2-1-3-9(10)11/h1-4,7-8,12,14H,5-6,13H2/t12-/m0/s1. The Labute approximate surface area is 83.1 Å². The van der Waals surface area contributed by atoms with Crippen LogP contribution >= 0.6 is 0 Å². The van der Waals surface area contributed by atoms with E-state index in [1.54, 1.807) is 0 Å². The van der Waals surface area contributed by atoms with Gasteiger partial charge in [-0.15, -0.1) is 0 Å². The molecule has 72 valence electrons.